The average molecular weight is 447 g/mol. The van der Waals surface area contributed by atoms with Gasteiger partial charge < -0.3 is 18.5 Å². The fraction of sp³-hybridized carbons (Fsp3) is 0.0714. The van der Waals surface area contributed by atoms with E-state index < -0.39 is 0 Å². The van der Waals surface area contributed by atoms with Crippen molar-refractivity contribution in [3.8, 4) is 40.1 Å². The van der Waals surface area contributed by atoms with Gasteiger partial charge in [-0.2, -0.15) is 0 Å². The molecule has 0 radical (unpaired) electrons. The van der Waals surface area contributed by atoms with Gasteiger partial charge in [0.25, 0.3) is 0 Å². The number of benzene rings is 4. The Balaban J connectivity index is 1.52. The van der Waals surface area contributed by atoms with Gasteiger partial charge in [0, 0.05) is 27.6 Å². The van der Waals surface area contributed by atoms with Crippen LogP contribution >= 0.6 is 0 Å². The highest BCUT2D eigenvalue weighted by atomic mass is 16.5. The highest BCUT2D eigenvalue weighted by Crippen LogP contribution is 2.37. The summed E-state index contributed by atoms with van der Waals surface area (Å²) in [5.41, 5.74) is 4.87. The van der Waals surface area contributed by atoms with Gasteiger partial charge >= 0.3 is 0 Å². The first-order valence-corrected chi connectivity index (χ1v) is 10.9. The first-order chi connectivity index (χ1) is 16.7. The van der Waals surface area contributed by atoms with E-state index in [1.54, 1.807) is 14.2 Å². The van der Waals surface area contributed by atoms with Crippen LogP contribution in [0.1, 0.15) is 0 Å². The van der Waals surface area contributed by atoms with Crippen LogP contribution in [0.3, 0.4) is 0 Å². The van der Waals surface area contributed by atoms with Crippen molar-refractivity contribution in [1.29, 1.82) is 0 Å². The van der Waals surface area contributed by atoms with Crippen molar-refractivity contribution in [2.45, 2.75) is 0 Å². The molecule has 4 aromatic carbocycles. The van der Waals surface area contributed by atoms with Crippen molar-refractivity contribution in [1.82, 2.24) is 14.8 Å². The van der Waals surface area contributed by atoms with E-state index in [0.29, 0.717) is 11.8 Å². The van der Waals surface area contributed by atoms with Crippen LogP contribution in [0.25, 0.3) is 50.4 Å². The van der Waals surface area contributed by atoms with Crippen LogP contribution in [0.5, 0.6) is 11.5 Å². The zero-order valence-corrected chi connectivity index (χ0v) is 18.7. The molecular weight excluding hydrogens is 426 g/mol. The SMILES string of the molecule is COc1ccc2c(c1)c1cc(OC)ccc1n2-c1cccc(-c2nnc(-c3ccccc3)o2)c1. The first kappa shape index (κ1) is 20.1. The zero-order chi connectivity index (χ0) is 23.1. The van der Waals surface area contributed by atoms with Gasteiger partial charge in [-0.1, -0.05) is 24.3 Å². The van der Waals surface area contributed by atoms with Gasteiger partial charge in [0.2, 0.25) is 11.8 Å². The predicted octanol–water partition coefficient (Wildman–Crippen LogP) is 6.52. The summed E-state index contributed by atoms with van der Waals surface area (Å²) in [6.07, 6.45) is 0. The molecule has 6 rings (SSSR count). The van der Waals surface area contributed by atoms with Gasteiger partial charge in [0.05, 0.1) is 25.3 Å². The van der Waals surface area contributed by atoms with Crippen LogP contribution in [-0.4, -0.2) is 29.0 Å². The van der Waals surface area contributed by atoms with Crippen molar-refractivity contribution >= 4 is 21.8 Å². The van der Waals surface area contributed by atoms with Crippen molar-refractivity contribution < 1.29 is 13.9 Å². The number of hydrogen-bond acceptors (Lipinski definition) is 5. The maximum Gasteiger partial charge on any atom is 0.248 e. The molecule has 0 aliphatic carbocycles. The smallest absolute Gasteiger partial charge is 0.248 e. The maximum atomic E-state index is 6.00. The number of fused-ring (bicyclic) bond motifs is 3. The third-order valence-electron chi connectivity index (χ3n) is 5.98. The number of aromatic nitrogens is 3. The molecule has 6 aromatic rings. The zero-order valence-electron chi connectivity index (χ0n) is 18.7. The predicted molar refractivity (Wildman–Crippen MR) is 133 cm³/mol. The summed E-state index contributed by atoms with van der Waals surface area (Å²) in [6.45, 7) is 0. The summed E-state index contributed by atoms with van der Waals surface area (Å²) < 4.78 is 19.2. The fourth-order valence-electron chi connectivity index (χ4n) is 4.33. The second kappa shape index (κ2) is 8.08. The van der Waals surface area contributed by atoms with E-state index in [9.17, 15) is 0 Å². The standard InChI is InChI=1S/C28H21N3O3/c1-32-21-11-13-25-23(16-21)24-17-22(33-2)12-14-26(24)31(25)20-10-6-9-19(15-20)28-30-29-27(34-28)18-7-4-3-5-8-18/h3-17H,1-2H3. The van der Waals surface area contributed by atoms with Crippen LogP contribution in [0.15, 0.2) is 95.4 Å². The molecule has 0 unspecified atom stereocenters. The Morgan fingerprint density at radius 2 is 1.21 bits per heavy atom. The van der Waals surface area contributed by atoms with Crippen LogP contribution in [0.4, 0.5) is 0 Å². The van der Waals surface area contributed by atoms with E-state index in [2.05, 4.69) is 51.2 Å². The van der Waals surface area contributed by atoms with Crippen LogP contribution in [0.2, 0.25) is 0 Å². The molecule has 166 valence electrons. The summed E-state index contributed by atoms with van der Waals surface area (Å²) in [6, 6.07) is 30.1. The number of rotatable bonds is 5. The number of ether oxygens (including phenoxy) is 2. The average Bonchev–Trinajstić information content (AvgIpc) is 3.52. The minimum Gasteiger partial charge on any atom is -0.497 e. The highest BCUT2D eigenvalue weighted by molar-refractivity contribution is 6.10. The monoisotopic (exact) mass is 447 g/mol. The van der Waals surface area contributed by atoms with Crippen molar-refractivity contribution in [3.05, 3.63) is 91.0 Å². The maximum absolute atomic E-state index is 6.00. The summed E-state index contributed by atoms with van der Waals surface area (Å²) in [5, 5.41) is 10.7. The fourth-order valence-corrected chi connectivity index (χ4v) is 4.33. The Bertz CT molecular complexity index is 1570. The largest absolute Gasteiger partial charge is 0.497 e. The topological polar surface area (TPSA) is 62.3 Å². The Labute approximate surface area is 196 Å². The number of nitrogens with zero attached hydrogens (tertiary/aromatic N) is 3. The lowest BCUT2D eigenvalue weighted by atomic mass is 10.1. The van der Waals surface area contributed by atoms with Gasteiger partial charge in [-0.15, -0.1) is 10.2 Å². The van der Waals surface area contributed by atoms with Gasteiger partial charge in [-0.3, -0.25) is 0 Å². The Hall–Kier alpha value is -4.58. The lowest BCUT2D eigenvalue weighted by Gasteiger charge is -2.09. The quantitative estimate of drug-likeness (QED) is 0.301. The third kappa shape index (κ3) is 3.28. The van der Waals surface area contributed by atoms with Gasteiger partial charge in [-0.05, 0) is 66.7 Å². The molecule has 0 atom stereocenters. The lowest BCUT2D eigenvalue weighted by molar-refractivity contribution is 0.415. The number of hydrogen-bond donors (Lipinski definition) is 0. The summed E-state index contributed by atoms with van der Waals surface area (Å²) >= 11 is 0. The van der Waals surface area contributed by atoms with E-state index in [4.69, 9.17) is 13.9 Å². The highest BCUT2D eigenvalue weighted by Gasteiger charge is 2.16. The second-order valence-electron chi connectivity index (χ2n) is 7.93. The molecule has 0 aliphatic rings. The molecule has 6 nitrogen and oxygen atoms in total. The van der Waals surface area contributed by atoms with Crippen molar-refractivity contribution in [2.75, 3.05) is 14.2 Å². The normalized spacial score (nSPS) is 11.2. The molecule has 6 heteroatoms. The summed E-state index contributed by atoms with van der Waals surface area (Å²) in [5.74, 6) is 2.59. The molecule has 0 saturated carbocycles. The molecule has 0 N–H and O–H groups in total. The first-order valence-electron chi connectivity index (χ1n) is 10.9. The van der Waals surface area contributed by atoms with Gasteiger partial charge in [0.1, 0.15) is 11.5 Å². The van der Waals surface area contributed by atoms with E-state index in [-0.39, 0.29) is 0 Å². The molecule has 34 heavy (non-hydrogen) atoms. The lowest BCUT2D eigenvalue weighted by Crippen LogP contribution is -1.94. The molecule has 2 aromatic heterocycles. The molecule has 0 amide bonds. The Kier molecular flexibility index (Phi) is 4.77. The van der Waals surface area contributed by atoms with Gasteiger partial charge in [-0.25, -0.2) is 0 Å². The molecule has 0 bridgehead atoms. The molecule has 2 heterocycles. The van der Waals surface area contributed by atoms with Crippen molar-refractivity contribution in [3.63, 3.8) is 0 Å². The Morgan fingerprint density at radius 1 is 0.618 bits per heavy atom. The van der Waals surface area contributed by atoms with Crippen molar-refractivity contribution in [2.24, 2.45) is 0 Å². The third-order valence-corrected chi connectivity index (χ3v) is 5.98. The molecule has 0 aliphatic heterocycles. The van der Waals surface area contributed by atoms with E-state index >= 15 is 0 Å². The van der Waals surface area contributed by atoms with Crippen LogP contribution < -0.4 is 9.47 Å². The minimum atomic E-state index is 0.477. The number of methoxy groups -OCH3 is 2. The van der Waals surface area contributed by atoms with Gasteiger partial charge in [0.15, 0.2) is 0 Å². The van der Waals surface area contributed by atoms with E-state index in [1.165, 1.54) is 0 Å². The Morgan fingerprint density at radius 3 is 1.82 bits per heavy atom. The molecule has 0 saturated heterocycles. The summed E-state index contributed by atoms with van der Waals surface area (Å²) in [7, 11) is 3.36. The van der Waals surface area contributed by atoms with E-state index in [0.717, 1.165) is 50.1 Å². The van der Waals surface area contributed by atoms with Crippen LogP contribution in [-0.2, 0) is 0 Å². The molecule has 0 fully saturated rings. The van der Waals surface area contributed by atoms with E-state index in [1.807, 2.05) is 54.6 Å². The van der Waals surface area contributed by atoms with Crippen LogP contribution in [0, 0.1) is 0 Å². The molecule has 0 spiro atoms. The molecular formula is C28H21N3O3. The minimum absolute atomic E-state index is 0.477. The second-order valence-corrected chi connectivity index (χ2v) is 7.93. The summed E-state index contributed by atoms with van der Waals surface area (Å²) in [4.78, 5) is 0.